The van der Waals surface area contributed by atoms with Crippen molar-refractivity contribution in [2.45, 2.75) is 64.1 Å². The number of phenolic OH excluding ortho intramolecular Hbond substituents is 1. The molecule has 10 nitrogen and oxygen atoms in total. The van der Waals surface area contributed by atoms with Crippen molar-refractivity contribution in [1.29, 1.82) is 0 Å². The third-order valence-electron chi connectivity index (χ3n) is 12.9. The first kappa shape index (κ1) is 38.8. The minimum atomic E-state index is -2.87. The summed E-state index contributed by atoms with van der Waals surface area (Å²) in [5.41, 5.74) is 10.4. The molecule has 1 atom stereocenters. The molecule has 0 saturated carbocycles. The van der Waals surface area contributed by atoms with Gasteiger partial charge in [0, 0.05) is 75.7 Å². The number of fused-ring (bicyclic) bond motifs is 2. The summed E-state index contributed by atoms with van der Waals surface area (Å²) in [5.74, 6) is 0.202. The molecule has 2 N–H and O–H groups in total. The quantitative estimate of drug-likeness (QED) is 0.173. The third-order valence-corrected chi connectivity index (χ3v) is 12.9. The fraction of sp³-hybridized carbons (Fsp3) is 0.383. The zero-order valence-electron chi connectivity index (χ0n) is 33.0. The Labute approximate surface area is 343 Å². The Morgan fingerprint density at radius 1 is 0.712 bits per heavy atom. The molecule has 4 aromatic rings. The molecule has 0 bridgehead atoms. The van der Waals surface area contributed by atoms with Crippen LogP contribution in [0.5, 0.6) is 11.5 Å². The molecule has 9 rings (SSSR count). The molecule has 12 heteroatoms. The second-order valence-corrected chi connectivity index (χ2v) is 16.5. The predicted octanol–water partition coefficient (Wildman–Crippen LogP) is 7.09. The Morgan fingerprint density at radius 3 is 2.14 bits per heavy atom. The van der Waals surface area contributed by atoms with Gasteiger partial charge in [-0.05, 0) is 138 Å². The summed E-state index contributed by atoms with van der Waals surface area (Å²) in [4.78, 5) is 46.4. The average molecular weight is 802 g/mol. The highest BCUT2D eigenvalue weighted by Gasteiger charge is 2.39. The van der Waals surface area contributed by atoms with Gasteiger partial charge >= 0.3 is 6.61 Å². The molecule has 1 aliphatic carbocycles. The van der Waals surface area contributed by atoms with Crippen LogP contribution in [0.3, 0.4) is 0 Å². The van der Waals surface area contributed by atoms with E-state index >= 15 is 0 Å². The molecule has 0 spiro atoms. The summed E-state index contributed by atoms with van der Waals surface area (Å²) in [5, 5.41) is 12.7. The van der Waals surface area contributed by atoms with Crippen molar-refractivity contribution >= 4 is 40.2 Å². The van der Waals surface area contributed by atoms with Gasteiger partial charge in [-0.25, -0.2) is 0 Å². The number of ether oxygens (including phenoxy) is 1. The molecule has 4 heterocycles. The Hall–Kier alpha value is -5.75. The lowest BCUT2D eigenvalue weighted by atomic mass is 9.87. The highest BCUT2D eigenvalue weighted by Crippen LogP contribution is 2.42. The number of carbonyl (C=O) groups is 3. The van der Waals surface area contributed by atoms with Crippen LogP contribution in [0.4, 0.5) is 20.2 Å². The van der Waals surface area contributed by atoms with Gasteiger partial charge in [-0.3, -0.25) is 24.6 Å². The number of aryl methyl sites for hydroxylation is 1. The largest absolute Gasteiger partial charge is 0.508 e. The topological polar surface area (TPSA) is 106 Å². The lowest BCUT2D eigenvalue weighted by Gasteiger charge is -2.40. The maximum atomic E-state index is 13.2. The zero-order valence-corrected chi connectivity index (χ0v) is 33.0. The molecule has 4 aliphatic heterocycles. The number of hydrogen-bond donors (Lipinski definition) is 2. The van der Waals surface area contributed by atoms with Crippen molar-refractivity contribution in [3.63, 3.8) is 0 Å². The van der Waals surface area contributed by atoms with E-state index in [1.807, 2.05) is 36.4 Å². The maximum absolute atomic E-state index is 13.2. The number of piperidine rings is 2. The summed E-state index contributed by atoms with van der Waals surface area (Å²) >= 11 is 0. The van der Waals surface area contributed by atoms with E-state index in [1.54, 1.807) is 23.1 Å². The number of piperazine rings is 1. The third kappa shape index (κ3) is 8.15. The molecular formula is C47H49F2N5O5. The normalized spacial score (nSPS) is 20.5. The first-order valence-corrected chi connectivity index (χ1v) is 20.9. The molecule has 3 fully saturated rings. The predicted molar refractivity (Wildman–Crippen MR) is 223 cm³/mol. The van der Waals surface area contributed by atoms with E-state index in [9.17, 15) is 28.3 Å². The molecular weight excluding hydrogens is 753 g/mol. The highest BCUT2D eigenvalue weighted by molar-refractivity contribution is 6.05. The molecule has 1 unspecified atom stereocenters. The van der Waals surface area contributed by atoms with Crippen LogP contribution in [-0.2, 0) is 22.6 Å². The molecule has 0 radical (unpaired) electrons. The van der Waals surface area contributed by atoms with Gasteiger partial charge in [0.15, 0.2) is 0 Å². The molecule has 306 valence electrons. The van der Waals surface area contributed by atoms with E-state index in [-0.39, 0.29) is 35.6 Å². The van der Waals surface area contributed by atoms with Crippen LogP contribution in [0.15, 0.2) is 84.9 Å². The van der Waals surface area contributed by atoms with E-state index in [0.29, 0.717) is 24.4 Å². The SMILES string of the molecule is O=C1CCC(N2Cc3cc(N4CCN(CC5CCN(c6ccc(C7=C(c8ccc(OC(F)F)cc8)CCCc8cc(O)ccc87)cc6)CC5)CC4)ccc3C2=O)C(=O)N1. The second-order valence-electron chi connectivity index (χ2n) is 16.5. The number of nitrogens with one attached hydrogen (secondary N) is 1. The molecule has 0 aromatic heterocycles. The summed E-state index contributed by atoms with van der Waals surface area (Å²) in [7, 11) is 0. The van der Waals surface area contributed by atoms with Crippen LogP contribution in [-0.4, -0.2) is 91.1 Å². The fourth-order valence-electron chi connectivity index (χ4n) is 9.75. The molecule has 59 heavy (non-hydrogen) atoms. The summed E-state index contributed by atoms with van der Waals surface area (Å²) in [6.45, 7) is 4.38. The number of amides is 3. The summed E-state index contributed by atoms with van der Waals surface area (Å²) in [6, 6.07) is 26.7. The number of carbonyl (C=O) groups excluding carboxylic acids is 3. The van der Waals surface area contributed by atoms with Crippen molar-refractivity contribution in [2.75, 3.05) is 55.6 Å². The molecule has 5 aliphatic rings. The number of allylic oxidation sites excluding steroid dienone is 1. The standard InChI is InChI=1S/C47H49F2N5O5/c48-47(49)59-38-12-6-31(7-13-38)39-3-1-2-33-27-37(55)11-15-40(33)44(39)32-4-8-35(9-5-32)52-20-18-30(19-21-52)28-51-22-24-53(25-23-51)36-10-14-41-34(26-36)29-54(46(41)58)42-16-17-43(56)50-45(42)57/h4-15,26-27,30,42,47,55H,1-3,16-25,28-29H2,(H,50,56,57). The number of rotatable bonds is 9. The number of phenols is 1. The monoisotopic (exact) mass is 801 g/mol. The Bertz CT molecular complexity index is 2260. The van der Waals surface area contributed by atoms with E-state index in [0.717, 1.165) is 123 Å². The number of halogens is 2. The Morgan fingerprint density at radius 2 is 1.41 bits per heavy atom. The number of benzene rings is 4. The number of anilines is 2. The molecule has 3 saturated heterocycles. The molecule has 4 aromatic carbocycles. The van der Waals surface area contributed by atoms with Crippen molar-refractivity contribution in [3.8, 4) is 11.5 Å². The van der Waals surface area contributed by atoms with Gasteiger partial charge < -0.3 is 24.5 Å². The molecule has 3 amide bonds. The van der Waals surface area contributed by atoms with Gasteiger partial charge in [0.25, 0.3) is 5.91 Å². The number of nitrogens with zero attached hydrogens (tertiary/aromatic N) is 4. The van der Waals surface area contributed by atoms with Crippen LogP contribution in [0, 0.1) is 5.92 Å². The van der Waals surface area contributed by atoms with Crippen molar-refractivity contribution < 1.29 is 33.0 Å². The van der Waals surface area contributed by atoms with Crippen LogP contribution >= 0.6 is 0 Å². The van der Waals surface area contributed by atoms with Gasteiger partial charge in [0.05, 0.1) is 0 Å². The first-order chi connectivity index (χ1) is 28.7. The fourth-order valence-corrected chi connectivity index (χ4v) is 9.75. The minimum absolute atomic E-state index is 0.135. The van der Waals surface area contributed by atoms with Crippen molar-refractivity contribution in [3.05, 3.63) is 118 Å². The van der Waals surface area contributed by atoms with Gasteiger partial charge in [-0.1, -0.05) is 30.3 Å². The number of hydrogen-bond acceptors (Lipinski definition) is 8. The zero-order chi connectivity index (χ0) is 40.6. The number of imide groups is 1. The van der Waals surface area contributed by atoms with E-state index in [1.165, 1.54) is 5.69 Å². The lowest BCUT2D eigenvalue weighted by molar-refractivity contribution is -0.136. The van der Waals surface area contributed by atoms with Gasteiger partial charge in [0.2, 0.25) is 11.8 Å². The van der Waals surface area contributed by atoms with Crippen molar-refractivity contribution in [1.82, 2.24) is 15.1 Å². The number of aromatic hydroxyl groups is 1. The van der Waals surface area contributed by atoms with E-state index < -0.39 is 12.7 Å². The smallest absolute Gasteiger partial charge is 0.387 e. The lowest BCUT2D eigenvalue weighted by Crippen LogP contribution is -2.52. The minimum Gasteiger partial charge on any atom is -0.508 e. The van der Waals surface area contributed by atoms with Gasteiger partial charge in [-0.2, -0.15) is 8.78 Å². The van der Waals surface area contributed by atoms with Gasteiger partial charge in [-0.15, -0.1) is 0 Å². The second kappa shape index (κ2) is 16.5. The van der Waals surface area contributed by atoms with Crippen molar-refractivity contribution in [2.24, 2.45) is 5.92 Å². The maximum Gasteiger partial charge on any atom is 0.387 e. The van der Waals surface area contributed by atoms with Crippen LogP contribution in [0.25, 0.3) is 11.1 Å². The number of alkyl halides is 2. The first-order valence-electron chi connectivity index (χ1n) is 20.9. The summed E-state index contributed by atoms with van der Waals surface area (Å²) in [6.07, 6.45) is 5.41. The van der Waals surface area contributed by atoms with Crippen LogP contribution < -0.4 is 19.9 Å². The van der Waals surface area contributed by atoms with Crippen LogP contribution in [0.1, 0.15) is 76.7 Å². The van der Waals surface area contributed by atoms with Gasteiger partial charge in [0.1, 0.15) is 17.5 Å². The van der Waals surface area contributed by atoms with Crippen LogP contribution in [0.2, 0.25) is 0 Å². The Balaban J connectivity index is 0.808. The van der Waals surface area contributed by atoms with E-state index in [2.05, 4.69) is 55.1 Å². The average Bonchev–Trinajstić information content (AvgIpc) is 3.44. The Kier molecular flexibility index (Phi) is 10.8. The summed E-state index contributed by atoms with van der Waals surface area (Å²) < 4.78 is 30.4. The highest BCUT2D eigenvalue weighted by atomic mass is 19.3. The van der Waals surface area contributed by atoms with E-state index in [4.69, 9.17) is 0 Å².